The zero-order valence-corrected chi connectivity index (χ0v) is 15.1. The van der Waals surface area contributed by atoms with Gasteiger partial charge in [0.1, 0.15) is 11.5 Å². The molecule has 0 aromatic heterocycles. The monoisotopic (exact) mass is 380 g/mol. The molecular weight excluding hydrogens is 364 g/mol. The Morgan fingerprint density at radius 1 is 1.19 bits per heavy atom. The van der Waals surface area contributed by atoms with Gasteiger partial charge in [-0.1, -0.05) is 34.1 Å². The SMILES string of the molecule is CSc1ccc2c(c1)C(SCCBr)Cc1ccccc1O2. The van der Waals surface area contributed by atoms with Gasteiger partial charge in [0.05, 0.1) is 0 Å². The number of ether oxygens (including phenoxy) is 1. The average Bonchev–Trinajstić information content (AvgIpc) is 2.68. The van der Waals surface area contributed by atoms with Crippen LogP contribution in [0, 0.1) is 0 Å². The van der Waals surface area contributed by atoms with E-state index >= 15 is 0 Å². The molecule has 2 aromatic carbocycles. The summed E-state index contributed by atoms with van der Waals surface area (Å²) in [4.78, 5) is 1.30. The van der Waals surface area contributed by atoms with E-state index in [-0.39, 0.29) is 0 Å². The van der Waals surface area contributed by atoms with Crippen molar-refractivity contribution < 1.29 is 4.74 Å². The molecule has 1 aliphatic heterocycles. The summed E-state index contributed by atoms with van der Waals surface area (Å²) in [7, 11) is 0. The first-order chi connectivity index (χ1) is 10.3. The molecule has 0 saturated carbocycles. The fraction of sp³-hybridized carbons (Fsp3) is 0.294. The quantitative estimate of drug-likeness (QED) is 0.480. The number of fused-ring (bicyclic) bond motifs is 2. The molecule has 21 heavy (non-hydrogen) atoms. The molecule has 0 fully saturated rings. The molecule has 1 heterocycles. The Morgan fingerprint density at radius 3 is 2.86 bits per heavy atom. The highest BCUT2D eigenvalue weighted by Gasteiger charge is 2.23. The van der Waals surface area contributed by atoms with E-state index in [2.05, 4.69) is 58.6 Å². The van der Waals surface area contributed by atoms with E-state index in [1.54, 1.807) is 11.8 Å². The lowest BCUT2D eigenvalue weighted by Crippen LogP contribution is -1.99. The van der Waals surface area contributed by atoms with Gasteiger partial charge in [-0.3, -0.25) is 0 Å². The third-order valence-electron chi connectivity index (χ3n) is 3.56. The highest BCUT2D eigenvalue weighted by molar-refractivity contribution is 9.09. The van der Waals surface area contributed by atoms with Gasteiger partial charge < -0.3 is 4.74 Å². The largest absolute Gasteiger partial charge is 0.457 e. The van der Waals surface area contributed by atoms with Gasteiger partial charge in [-0.15, -0.1) is 11.8 Å². The zero-order chi connectivity index (χ0) is 14.7. The molecule has 1 unspecified atom stereocenters. The number of hydrogen-bond donors (Lipinski definition) is 0. The summed E-state index contributed by atoms with van der Waals surface area (Å²) < 4.78 is 6.18. The third-order valence-corrected chi connectivity index (χ3v) is 6.47. The predicted molar refractivity (Wildman–Crippen MR) is 97.4 cm³/mol. The number of alkyl halides is 1. The van der Waals surface area contributed by atoms with Crippen LogP contribution in [-0.2, 0) is 6.42 Å². The van der Waals surface area contributed by atoms with Crippen LogP contribution in [0.1, 0.15) is 16.4 Å². The molecule has 0 aliphatic carbocycles. The van der Waals surface area contributed by atoms with Gasteiger partial charge in [0, 0.05) is 26.8 Å². The van der Waals surface area contributed by atoms with Crippen LogP contribution in [0.2, 0.25) is 0 Å². The topological polar surface area (TPSA) is 9.23 Å². The van der Waals surface area contributed by atoms with Gasteiger partial charge in [0.2, 0.25) is 0 Å². The first-order valence-corrected chi connectivity index (χ1v) is 10.3. The Labute approximate surface area is 143 Å². The van der Waals surface area contributed by atoms with E-state index in [1.165, 1.54) is 16.0 Å². The van der Waals surface area contributed by atoms with Gasteiger partial charge in [-0.2, -0.15) is 11.8 Å². The molecule has 110 valence electrons. The number of hydrogen-bond acceptors (Lipinski definition) is 3. The molecule has 4 heteroatoms. The Morgan fingerprint density at radius 2 is 2.05 bits per heavy atom. The van der Waals surface area contributed by atoms with Gasteiger partial charge in [0.25, 0.3) is 0 Å². The number of rotatable bonds is 4. The van der Waals surface area contributed by atoms with Crippen LogP contribution < -0.4 is 4.74 Å². The lowest BCUT2D eigenvalue weighted by Gasteiger charge is -2.16. The first kappa shape index (κ1) is 15.3. The number of thioether (sulfide) groups is 2. The van der Waals surface area contributed by atoms with E-state index in [9.17, 15) is 0 Å². The van der Waals surface area contributed by atoms with Crippen molar-refractivity contribution in [2.75, 3.05) is 17.3 Å². The van der Waals surface area contributed by atoms with Crippen molar-refractivity contribution in [3.63, 3.8) is 0 Å². The second kappa shape index (κ2) is 7.12. The fourth-order valence-corrected chi connectivity index (χ4v) is 4.58. The minimum absolute atomic E-state index is 0.452. The molecule has 0 spiro atoms. The maximum atomic E-state index is 6.18. The van der Waals surface area contributed by atoms with Crippen molar-refractivity contribution in [1.29, 1.82) is 0 Å². The molecule has 0 N–H and O–H groups in total. The lowest BCUT2D eigenvalue weighted by atomic mass is 10.0. The zero-order valence-electron chi connectivity index (χ0n) is 11.8. The Balaban J connectivity index is 2.03. The van der Waals surface area contributed by atoms with Gasteiger partial charge in [0.15, 0.2) is 0 Å². The molecule has 1 atom stereocenters. The molecular formula is C17H17BrOS2. The van der Waals surface area contributed by atoms with Crippen molar-refractivity contribution in [2.45, 2.75) is 16.6 Å². The second-order valence-electron chi connectivity index (χ2n) is 4.87. The summed E-state index contributed by atoms with van der Waals surface area (Å²) in [6.07, 6.45) is 3.15. The van der Waals surface area contributed by atoms with Crippen LogP contribution in [0.5, 0.6) is 11.5 Å². The standard InChI is InChI=1S/C17H17BrOS2/c1-20-13-6-7-16-14(11-13)17(21-9-8-18)10-12-4-2-3-5-15(12)19-16/h2-7,11,17H,8-10H2,1H3. The van der Waals surface area contributed by atoms with E-state index in [1.807, 2.05) is 17.8 Å². The smallest absolute Gasteiger partial charge is 0.131 e. The van der Waals surface area contributed by atoms with Crippen molar-refractivity contribution >= 4 is 39.5 Å². The van der Waals surface area contributed by atoms with Crippen LogP contribution in [0.4, 0.5) is 0 Å². The van der Waals surface area contributed by atoms with Crippen molar-refractivity contribution in [3.8, 4) is 11.5 Å². The summed E-state index contributed by atoms with van der Waals surface area (Å²) >= 11 is 7.32. The molecule has 1 nitrogen and oxygen atoms in total. The van der Waals surface area contributed by atoms with Crippen molar-refractivity contribution in [1.82, 2.24) is 0 Å². The van der Waals surface area contributed by atoms with Crippen LogP contribution in [0.3, 0.4) is 0 Å². The molecule has 0 bridgehead atoms. The van der Waals surface area contributed by atoms with E-state index in [4.69, 9.17) is 4.74 Å². The molecule has 0 saturated heterocycles. The van der Waals surface area contributed by atoms with E-state index in [0.29, 0.717) is 5.25 Å². The van der Waals surface area contributed by atoms with Crippen molar-refractivity contribution in [3.05, 3.63) is 53.6 Å². The Kier molecular flexibility index (Phi) is 5.19. The number of benzene rings is 2. The highest BCUT2D eigenvalue weighted by Crippen LogP contribution is 2.45. The van der Waals surface area contributed by atoms with E-state index in [0.717, 1.165) is 29.0 Å². The molecule has 0 amide bonds. The summed E-state index contributed by atoms with van der Waals surface area (Å²) in [5, 5.41) is 1.47. The number of halogens is 1. The summed E-state index contributed by atoms with van der Waals surface area (Å²) in [6.45, 7) is 0. The fourth-order valence-electron chi connectivity index (χ4n) is 2.53. The van der Waals surface area contributed by atoms with Crippen LogP contribution in [-0.4, -0.2) is 17.3 Å². The maximum absolute atomic E-state index is 6.18. The minimum atomic E-state index is 0.452. The summed E-state index contributed by atoms with van der Waals surface area (Å²) in [6, 6.07) is 14.9. The third kappa shape index (κ3) is 3.43. The number of para-hydroxylation sites is 1. The highest BCUT2D eigenvalue weighted by atomic mass is 79.9. The Hall–Kier alpha value is -0.580. The normalized spacial score (nSPS) is 16.6. The summed E-state index contributed by atoms with van der Waals surface area (Å²) in [5.41, 5.74) is 2.62. The Bertz CT molecular complexity index is 630. The summed E-state index contributed by atoms with van der Waals surface area (Å²) in [5.74, 6) is 3.11. The minimum Gasteiger partial charge on any atom is -0.457 e. The molecule has 0 radical (unpaired) electrons. The van der Waals surface area contributed by atoms with Crippen LogP contribution in [0.25, 0.3) is 0 Å². The van der Waals surface area contributed by atoms with Crippen molar-refractivity contribution in [2.24, 2.45) is 0 Å². The maximum Gasteiger partial charge on any atom is 0.131 e. The first-order valence-electron chi connectivity index (χ1n) is 6.93. The van der Waals surface area contributed by atoms with Crippen LogP contribution >= 0.6 is 39.5 Å². The van der Waals surface area contributed by atoms with E-state index < -0.39 is 0 Å². The van der Waals surface area contributed by atoms with Gasteiger partial charge in [-0.05, 0) is 42.5 Å². The van der Waals surface area contributed by atoms with Gasteiger partial charge in [-0.25, -0.2) is 0 Å². The average molecular weight is 381 g/mol. The van der Waals surface area contributed by atoms with Gasteiger partial charge >= 0.3 is 0 Å². The predicted octanol–water partition coefficient (Wildman–Crippen LogP) is 5.93. The molecule has 2 aromatic rings. The molecule has 3 rings (SSSR count). The lowest BCUT2D eigenvalue weighted by molar-refractivity contribution is 0.478. The second-order valence-corrected chi connectivity index (χ2v) is 7.85. The molecule has 1 aliphatic rings. The van der Waals surface area contributed by atoms with Crippen LogP contribution in [0.15, 0.2) is 47.4 Å².